The minimum atomic E-state index is -0.529. The Bertz CT molecular complexity index is 633. The molecule has 0 aromatic heterocycles. The maximum atomic E-state index is 10.5. The topological polar surface area (TPSA) is 45.2 Å². The highest BCUT2D eigenvalue weighted by Gasteiger charge is 2.16. The highest BCUT2D eigenvalue weighted by atomic mass is 16.5. The molecule has 1 unspecified atom stereocenters. The standard InChI is InChI=1S/C22H30N2O3/c25-21(19-27-22-9-5-2-6-10-22)18-24(17-20-7-3-1-4-8-20)12-11-23-13-15-26-16-14-23/h1-10,21,25H,11-19H2. The van der Waals surface area contributed by atoms with E-state index in [-0.39, 0.29) is 0 Å². The van der Waals surface area contributed by atoms with Crippen LogP contribution in [0.15, 0.2) is 60.7 Å². The zero-order valence-corrected chi connectivity index (χ0v) is 15.9. The van der Waals surface area contributed by atoms with E-state index < -0.39 is 6.10 Å². The summed E-state index contributed by atoms with van der Waals surface area (Å²) in [6, 6.07) is 20.1. The highest BCUT2D eigenvalue weighted by Crippen LogP contribution is 2.10. The molecule has 2 aromatic carbocycles. The third-order valence-electron chi connectivity index (χ3n) is 4.74. The van der Waals surface area contributed by atoms with E-state index in [1.54, 1.807) is 0 Å². The third-order valence-corrected chi connectivity index (χ3v) is 4.74. The number of aliphatic hydroxyl groups is 1. The number of morpholine rings is 1. The number of hydrogen-bond acceptors (Lipinski definition) is 5. The lowest BCUT2D eigenvalue weighted by atomic mass is 10.2. The van der Waals surface area contributed by atoms with Gasteiger partial charge in [0.2, 0.25) is 0 Å². The van der Waals surface area contributed by atoms with E-state index in [0.717, 1.165) is 51.7 Å². The SMILES string of the molecule is OC(COc1ccccc1)CN(CCN1CCOCC1)Cc1ccccc1. The van der Waals surface area contributed by atoms with Crippen LogP contribution in [0.2, 0.25) is 0 Å². The summed E-state index contributed by atoms with van der Waals surface area (Å²) in [5.41, 5.74) is 1.26. The first-order chi connectivity index (χ1) is 13.3. The zero-order chi connectivity index (χ0) is 18.7. The first-order valence-corrected chi connectivity index (χ1v) is 9.72. The second kappa shape index (κ2) is 11.0. The molecule has 1 heterocycles. The summed E-state index contributed by atoms with van der Waals surface area (Å²) in [4.78, 5) is 4.73. The van der Waals surface area contributed by atoms with Gasteiger partial charge in [-0.1, -0.05) is 48.5 Å². The lowest BCUT2D eigenvalue weighted by Gasteiger charge is -2.31. The summed E-state index contributed by atoms with van der Waals surface area (Å²) in [6.45, 7) is 7.21. The largest absolute Gasteiger partial charge is 0.491 e. The maximum absolute atomic E-state index is 10.5. The third kappa shape index (κ3) is 7.31. The van der Waals surface area contributed by atoms with Crippen molar-refractivity contribution in [3.05, 3.63) is 66.2 Å². The van der Waals surface area contributed by atoms with E-state index in [9.17, 15) is 5.11 Å². The Morgan fingerprint density at radius 1 is 1.00 bits per heavy atom. The number of ether oxygens (including phenoxy) is 2. The van der Waals surface area contributed by atoms with Gasteiger partial charge in [0.25, 0.3) is 0 Å². The van der Waals surface area contributed by atoms with Gasteiger partial charge >= 0.3 is 0 Å². The van der Waals surface area contributed by atoms with Gasteiger partial charge in [-0.25, -0.2) is 0 Å². The molecule has 1 aliphatic rings. The number of aliphatic hydroxyl groups excluding tert-OH is 1. The molecule has 0 spiro atoms. The van der Waals surface area contributed by atoms with Gasteiger partial charge in [-0.15, -0.1) is 0 Å². The van der Waals surface area contributed by atoms with E-state index in [2.05, 4.69) is 34.1 Å². The van der Waals surface area contributed by atoms with Crippen LogP contribution in [0.4, 0.5) is 0 Å². The molecule has 0 bridgehead atoms. The van der Waals surface area contributed by atoms with Crippen molar-refractivity contribution >= 4 is 0 Å². The predicted molar refractivity (Wildman–Crippen MR) is 107 cm³/mol. The molecular formula is C22H30N2O3. The average Bonchev–Trinajstić information content (AvgIpc) is 2.73. The maximum Gasteiger partial charge on any atom is 0.119 e. The Balaban J connectivity index is 1.51. The molecule has 2 aromatic rings. The molecule has 3 rings (SSSR count). The van der Waals surface area contributed by atoms with Crippen molar-refractivity contribution in [2.75, 3.05) is 52.5 Å². The van der Waals surface area contributed by atoms with Gasteiger partial charge in [-0.3, -0.25) is 9.80 Å². The van der Waals surface area contributed by atoms with E-state index in [0.29, 0.717) is 13.2 Å². The minimum absolute atomic E-state index is 0.298. The van der Waals surface area contributed by atoms with Crippen LogP contribution in [0.25, 0.3) is 0 Å². The van der Waals surface area contributed by atoms with Crippen LogP contribution in [-0.2, 0) is 11.3 Å². The number of benzene rings is 2. The van der Waals surface area contributed by atoms with Crippen molar-refractivity contribution in [1.29, 1.82) is 0 Å². The fraction of sp³-hybridized carbons (Fsp3) is 0.455. The molecule has 1 atom stereocenters. The van der Waals surface area contributed by atoms with Crippen LogP contribution in [0.3, 0.4) is 0 Å². The molecule has 0 aliphatic carbocycles. The number of hydrogen-bond donors (Lipinski definition) is 1. The predicted octanol–water partition coefficient (Wildman–Crippen LogP) is 2.26. The van der Waals surface area contributed by atoms with Crippen LogP contribution in [0.5, 0.6) is 5.75 Å². The van der Waals surface area contributed by atoms with Crippen molar-refractivity contribution in [2.24, 2.45) is 0 Å². The van der Waals surface area contributed by atoms with Crippen molar-refractivity contribution in [1.82, 2.24) is 9.80 Å². The highest BCUT2D eigenvalue weighted by molar-refractivity contribution is 5.21. The molecule has 1 fully saturated rings. The molecule has 0 radical (unpaired) electrons. The normalized spacial score (nSPS) is 16.4. The van der Waals surface area contributed by atoms with Gasteiger partial charge in [0.1, 0.15) is 18.5 Å². The van der Waals surface area contributed by atoms with Gasteiger partial charge in [-0.2, -0.15) is 0 Å². The molecule has 0 saturated carbocycles. The van der Waals surface area contributed by atoms with Crippen LogP contribution in [0.1, 0.15) is 5.56 Å². The molecule has 146 valence electrons. The lowest BCUT2D eigenvalue weighted by molar-refractivity contribution is 0.0256. The second-order valence-electron chi connectivity index (χ2n) is 6.95. The fourth-order valence-corrected chi connectivity index (χ4v) is 3.24. The summed E-state index contributed by atoms with van der Waals surface area (Å²) < 4.78 is 11.1. The zero-order valence-electron chi connectivity index (χ0n) is 15.9. The first kappa shape index (κ1) is 19.8. The average molecular weight is 370 g/mol. The van der Waals surface area contributed by atoms with Gasteiger partial charge in [0.05, 0.1) is 13.2 Å². The van der Waals surface area contributed by atoms with E-state index in [1.165, 1.54) is 5.56 Å². The van der Waals surface area contributed by atoms with E-state index in [4.69, 9.17) is 9.47 Å². The summed E-state index contributed by atoms with van der Waals surface area (Å²) in [6.07, 6.45) is -0.529. The van der Waals surface area contributed by atoms with E-state index >= 15 is 0 Å². The van der Waals surface area contributed by atoms with Crippen molar-refractivity contribution in [3.63, 3.8) is 0 Å². The molecule has 0 amide bonds. The number of rotatable bonds is 10. The monoisotopic (exact) mass is 370 g/mol. The smallest absolute Gasteiger partial charge is 0.119 e. The van der Waals surface area contributed by atoms with Crippen molar-refractivity contribution in [2.45, 2.75) is 12.6 Å². The number of para-hydroxylation sites is 1. The second-order valence-corrected chi connectivity index (χ2v) is 6.95. The molecule has 1 saturated heterocycles. The summed E-state index contributed by atoms with van der Waals surface area (Å²) in [7, 11) is 0. The summed E-state index contributed by atoms with van der Waals surface area (Å²) in [5.74, 6) is 0.791. The molecular weight excluding hydrogens is 340 g/mol. The summed E-state index contributed by atoms with van der Waals surface area (Å²) >= 11 is 0. The minimum Gasteiger partial charge on any atom is -0.491 e. The van der Waals surface area contributed by atoms with E-state index in [1.807, 2.05) is 36.4 Å². The van der Waals surface area contributed by atoms with Gasteiger partial charge in [-0.05, 0) is 17.7 Å². The Morgan fingerprint density at radius 2 is 1.67 bits per heavy atom. The lowest BCUT2D eigenvalue weighted by Crippen LogP contribution is -2.43. The van der Waals surface area contributed by atoms with Gasteiger partial charge in [0.15, 0.2) is 0 Å². The molecule has 5 nitrogen and oxygen atoms in total. The quantitative estimate of drug-likeness (QED) is 0.695. The Morgan fingerprint density at radius 3 is 2.37 bits per heavy atom. The van der Waals surface area contributed by atoms with Crippen LogP contribution in [0, 0.1) is 0 Å². The van der Waals surface area contributed by atoms with Gasteiger partial charge in [0, 0.05) is 39.3 Å². The fourth-order valence-electron chi connectivity index (χ4n) is 3.24. The van der Waals surface area contributed by atoms with Crippen LogP contribution >= 0.6 is 0 Å². The molecule has 27 heavy (non-hydrogen) atoms. The Labute approximate surface area is 162 Å². The van der Waals surface area contributed by atoms with Crippen molar-refractivity contribution < 1.29 is 14.6 Å². The molecule has 1 N–H and O–H groups in total. The summed E-state index contributed by atoms with van der Waals surface area (Å²) in [5, 5.41) is 10.5. The van der Waals surface area contributed by atoms with Crippen molar-refractivity contribution in [3.8, 4) is 5.75 Å². The Hall–Kier alpha value is -1.92. The molecule has 1 aliphatic heterocycles. The Kier molecular flexibility index (Phi) is 8.11. The number of nitrogens with zero attached hydrogens (tertiary/aromatic N) is 2. The van der Waals surface area contributed by atoms with Gasteiger partial charge < -0.3 is 14.6 Å². The molecule has 5 heteroatoms. The first-order valence-electron chi connectivity index (χ1n) is 9.72. The van der Waals surface area contributed by atoms with Crippen LogP contribution in [-0.4, -0.2) is 73.6 Å². The van der Waals surface area contributed by atoms with Crippen LogP contribution < -0.4 is 4.74 Å².